The lowest BCUT2D eigenvalue weighted by Crippen LogP contribution is -2.13. The first-order chi connectivity index (χ1) is 11.0. The molecule has 0 unspecified atom stereocenters. The quantitative estimate of drug-likeness (QED) is 0.715. The molecule has 1 N–H and O–H groups in total. The van der Waals surface area contributed by atoms with Gasteiger partial charge in [-0.3, -0.25) is 5.10 Å². The Balaban J connectivity index is 0.00000208. The number of aromatic amines is 1. The van der Waals surface area contributed by atoms with Crippen LogP contribution in [0.2, 0.25) is 0 Å². The molecule has 3 aromatic rings. The molecule has 2 heterocycles. The number of nitrogens with one attached hydrogen (secondary N) is 1. The van der Waals surface area contributed by atoms with E-state index in [0.29, 0.717) is 5.88 Å². The van der Waals surface area contributed by atoms with Gasteiger partial charge in [0.2, 0.25) is 5.16 Å². The van der Waals surface area contributed by atoms with Crippen LogP contribution in [0.5, 0.6) is 0 Å². The van der Waals surface area contributed by atoms with Gasteiger partial charge in [0.05, 0.1) is 11.6 Å². The monoisotopic (exact) mass is 344 g/mol. The molecule has 0 aliphatic heterocycles. The number of nitrogens with zero attached hydrogens (tertiary/aromatic N) is 5. The van der Waals surface area contributed by atoms with Gasteiger partial charge >= 0.3 is 0 Å². The highest BCUT2D eigenvalue weighted by molar-refractivity contribution is 7.98. The summed E-state index contributed by atoms with van der Waals surface area (Å²) in [5.41, 5.74) is 2.17. The SMILES string of the molecule is C.CC(C)(C)c1nc(SCn2cc(Cc3ccccc3)nn2)n[nH]1. The van der Waals surface area contributed by atoms with E-state index in [1.54, 1.807) is 0 Å². The van der Waals surface area contributed by atoms with Crippen molar-refractivity contribution >= 4 is 11.8 Å². The van der Waals surface area contributed by atoms with Gasteiger partial charge in [0.15, 0.2) is 0 Å². The van der Waals surface area contributed by atoms with Gasteiger partial charge in [0, 0.05) is 18.0 Å². The molecule has 0 atom stereocenters. The molecule has 0 aliphatic carbocycles. The van der Waals surface area contributed by atoms with Gasteiger partial charge in [-0.15, -0.1) is 10.2 Å². The van der Waals surface area contributed by atoms with Crippen LogP contribution in [0.15, 0.2) is 41.7 Å². The Bertz CT molecular complexity index is 757. The fourth-order valence-electron chi connectivity index (χ4n) is 2.06. The van der Waals surface area contributed by atoms with Crippen LogP contribution in [0.1, 0.15) is 45.3 Å². The summed E-state index contributed by atoms with van der Waals surface area (Å²) >= 11 is 1.54. The lowest BCUT2D eigenvalue weighted by Gasteiger charge is -2.12. The Kier molecular flexibility index (Phi) is 5.77. The summed E-state index contributed by atoms with van der Waals surface area (Å²) in [5.74, 6) is 1.53. The number of rotatable bonds is 5. The molecule has 0 saturated carbocycles. The molecule has 0 aliphatic rings. The van der Waals surface area contributed by atoms with Crippen molar-refractivity contribution in [2.75, 3.05) is 0 Å². The molecule has 2 aromatic heterocycles. The third-order valence-electron chi connectivity index (χ3n) is 3.32. The second kappa shape index (κ2) is 7.61. The lowest BCUT2D eigenvalue weighted by molar-refractivity contribution is 0.547. The van der Waals surface area contributed by atoms with Gasteiger partial charge in [-0.1, -0.05) is 75.5 Å². The minimum atomic E-state index is -0.0259. The smallest absolute Gasteiger partial charge is 0.210 e. The number of aromatic nitrogens is 6. The lowest BCUT2D eigenvalue weighted by atomic mass is 9.96. The number of thioether (sulfide) groups is 1. The standard InChI is InChI=1S/C16H20N6S.CH4/c1-16(2,3)14-17-15(20-19-14)23-11-22-10-13(18-21-22)9-12-7-5-4-6-8-12;/h4-8,10H,9,11H2,1-3H3,(H,17,19,20);1H4. The highest BCUT2D eigenvalue weighted by Crippen LogP contribution is 2.21. The molecule has 3 rings (SSSR count). The zero-order valence-corrected chi connectivity index (χ0v) is 14.3. The summed E-state index contributed by atoms with van der Waals surface area (Å²) in [4.78, 5) is 4.51. The summed E-state index contributed by atoms with van der Waals surface area (Å²) in [6.07, 6.45) is 2.76. The van der Waals surface area contributed by atoms with Crippen molar-refractivity contribution in [3.05, 3.63) is 53.6 Å². The van der Waals surface area contributed by atoms with Crippen molar-refractivity contribution in [1.82, 2.24) is 30.2 Å². The summed E-state index contributed by atoms with van der Waals surface area (Å²) in [7, 11) is 0. The summed E-state index contributed by atoms with van der Waals surface area (Å²) in [5, 5.41) is 16.3. The highest BCUT2D eigenvalue weighted by atomic mass is 32.2. The average Bonchev–Trinajstić information content (AvgIpc) is 3.15. The molecule has 0 fully saturated rings. The van der Waals surface area contributed by atoms with E-state index in [-0.39, 0.29) is 12.8 Å². The van der Waals surface area contributed by atoms with Crippen molar-refractivity contribution in [3.8, 4) is 0 Å². The van der Waals surface area contributed by atoms with Crippen molar-refractivity contribution in [2.45, 2.75) is 51.1 Å². The molecule has 0 bridgehead atoms. The van der Waals surface area contributed by atoms with Gasteiger partial charge in [0.1, 0.15) is 5.82 Å². The van der Waals surface area contributed by atoms with Gasteiger partial charge in [-0.05, 0) is 5.56 Å². The number of hydrogen-bond acceptors (Lipinski definition) is 5. The predicted molar refractivity (Wildman–Crippen MR) is 96.9 cm³/mol. The van der Waals surface area contributed by atoms with E-state index in [4.69, 9.17) is 0 Å². The van der Waals surface area contributed by atoms with E-state index in [2.05, 4.69) is 58.4 Å². The van der Waals surface area contributed by atoms with Gasteiger partial charge in [-0.2, -0.15) is 0 Å². The Morgan fingerprint density at radius 3 is 2.58 bits per heavy atom. The zero-order valence-electron chi connectivity index (χ0n) is 13.5. The van der Waals surface area contributed by atoms with Crippen LogP contribution in [0.25, 0.3) is 0 Å². The molecule has 24 heavy (non-hydrogen) atoms. The summed E-state index contributed by atoms with van der Waals surface area (Å²) < 4.78 is 1.82. The average molecular weight is 344 g/mol. The molecule has 1 aromatic carbocycles. The maximum Gasteiger partial charge on any atom is 0.210 e. The van der Waals surface area contributed by atoms with Crippen LogP contribution < -0.4 is 0 Å². The van der Waals surface area contributed by atoms with E-state index in [1.807, 2.05) is 29.1 Å². The maximum atomic E-state index is 4.51. The zero-order chi connectivity index (χ0) is 16.3. The van der Waals surface area contributed by atoms with E-state index in [9.17, 15) is 0 Å². The Morgan fingerprint density at radius 1 is 1.17 bits per heavy atom. The predicted octanol–water partition coefficient (Wildman–Crippen LogP) is 3.67. The number of hydrogen-bond donors (Lipinski definition) is 1. The number of benzene rings is 1. The highest BCUT2D eigenvalue weighted by Gasteiger charge is 2.18. The number of H-pyrrole nitrogens is 1. The van der Waals surface area contributed by atoms with Crippen LogP contribution in [0.3, 0.4) is 0 Å². The Hall–Kier alpha value is -2.15. The molecule has 0 saturated heterocycles. The summed E-state index contributed by atoms with van der Waals surface area (Å²) in [6.45, 7) is 6.32. The van der Waals surface area contributed by atoms with Gasteiger partial charge in [-0.25, -0.2) is 9.67 Å². The first-order valence-electron chi connectivity index (χ1n) is 7.49. The molecule has 6 nitrogen and oxygen atoms in total. The molecule has 128 valence electrons. The fourth-order valence-corrected chi connectivity index (χ4v) is 2.70. The Morgan fingerprint density at radius 2 is 1.92 bits per heavy atom. The third-order valence-corrected chi connectivity index (χ3v) is 4.15. The summed E-state index contributed by atoms with van der Waals surface area (Å²) in [6, 6.07) is 10.3. The second-order valence-corrected chi connectivity index (χ2v) is 7.31. The normalized spacial score (nSPS) is 11.3. The van der Waals surface area contributed by atoms with Gasteiger partial charge < -0.3 is 0 Å². The second-order valence-electron chi connectivity index (χ2n) is 6.40. The van der Waals surface area contributed by atoms with Crippen LogP contribution in [-0.2, 0) is 17.7 Å². The van der Waals surface area contributed by atoms with Gasteiger partial charge in [0.25, 0.3) is 0 Å². The van der Waals surface area contributed by atoms with Crippen LogP contribution in [-0.4, -0.2) is 30.2 Å². The Labute approximate surface area is 147 Å². The maximum absolute atomic E-state index is 4.51. The molecular weight excluding hydrogens is 320 g/mol. The van der Waals surface area contributed by atoms with Crippen LogP contribution >= 0.6 is 11.8 Å². The first-order valence-corrected chi connectivity index (χ1v) is 8.48. The largest absolute Gasteiger partial charge is 0.262 e. The minimum Gasteiger partial charge on any atom is -0.262 e. The topological polar surface area (TPSA) is 72.3 Å². The van der Waals surface area contributed by atoms with Crippen molar-refractivity contribution < 1.29 is 0 Å². The first kappa shape index (κ1) is 18.2. The van der Waals surface area contributed by atoms with E-state index in [1.165, 1.54) is 17.3 Å². The molecule has 0 amide bonds. The van der Waals surface area contributed by atoms with E-state index < -0.39 is 0 Å². The van der Waals surface area contributed by atoms with E-state index in [0.717, 1.165) is 23.1 Å². The van der Waals surface area contributed by atoms with E-state index >= 15 is 0 Å². The molecule has 0 radical (unpaired) electrons. The van der Waals surface area contributed by atoms with Crippen LogP contribution in [0.4, 0.5) is 0 Å². The molecular formula is C17H24N6S. The van der Waals surface area contributed by atoms with Crippen molar-refractivity contribution in [2.24, 2.45) is 0 Å². The third kappa shape index (κ3) is 4.67. The minimum absolute atomic E-state index is 0. The molecule has 7 heteroatoms. The van der Waals surface area contributed by atoms with Crippen molar-refractivity contribution in [1.29, 1.82) is 0 Å². The van der Waals surface area contributed by atoms with Crippen molar-refractivity contribution in [3.63, 3.8) is 0 Å². The fraction of sp³-hybridized carbons (Fsp3) is 0.412. The molecule has 0 spiro atoms. The van der Waals surface area contributed by atoms with Crippen LogP contribution in [0, 0.1) is 0 Å².